The van der Waals surface area contributed by atoms with Gasteiger partial charge in [0.15, 0.2) is 0 Å². The summed E-state index contributed by atoms with van der Waals surface area (Å²) in [6.07, 6.45) is 5.12. The molecule has 0 aliphatic rings. The molecular weight excluding hydrogens is 300 g/mol. The van der Waals surface area contributed by atoms with Crippen LogP contribution in [0.5, 0.6) is 0 Å². The van der Waals surface area contributed by atoms with Crippen molar-refractivity contribution >= 4 is 39.3 Å². The number of nitrogens with one attached hydrogen (secondary N) is 1. The molecule has 0 spiro atoms. The zero-order valence-corrected chi connectivity index (χ0v) is 11.6. The van der Waals surface area contributed by atoms with Gasteiger partial charge in [0.2, 0.25) is 0 Å². The number of nitrogens with two attached hydrogens (primary N) is 1. The van der Waals surface area contributed by atoms with Gasteiger partial charge in [-0.05, 0) is 34.1 Å². The number of carbonyl (C=O) groups excluding carboxylic acids is 1. The van der Waals surface area contributed by atoms with Crippen molar-refractivity contribution < 1.29 is 4.79 Å². The van der Waals surface area contributed by atoms with Gasteiger partial charge in [0.05, 0.1) is 11.3 Å². The molecule has 0 bridgehead atoms. The predicted molar refractivity (Wildman–Crippen MR) is 77.0 cm³/mol. The molecule has 3 N–H and O–H groups in total. The third-order valence-electron chi connectivity index (χ3n) is 1.95. The van der Waals surface area contributed by atoms with Gasteiger partial charge in [-0.2, -0.15) is 0 Å². The van der Waals surface area contributed by atoms with Gasteiger partial charge in [-0.25, -0.2) is 0 Å². The maximum absolute atomic E-state index is 11.8. The summed E-state index contributed by atoms with van der Waals surface area (Å²) in [5, 5.41) is 2.81. The highest BCUT2D eigenvalue weighted by atomic mass is 79.9. The summed E-state index contributed by atoms with van der Waals surface area (Å²) in [6, 6.07) is 5.15. The Balaban J connectivity index is 2.47. The summed E-state index contributed by atoms with van der Waals surface area (Å²) in [7, 11) is 0. The first-order chi connectivity index (χ1) is 8.15. The SMILES string of the molecule is C#CCSCCNC(=O)c1cc(N)ccc1Br. The Hall–Kier alpha value is -1.12. The molecule has 1 aromatic rings. The number of nitrogen functional groups attached to an aromatic ring is 1. The van der Waals surface area contributed by atoms with E-state index in [0.717, 1.165) is 10.2 Å². The lowest BCUT2D eigenvalue weighted by atomic mass is 10.2. The Labute approximate surface area is 114 Å². The number of rotatable bonds is 5. The van der Waals surface area contributed by atoms with E-state index in [2.05, 4.69) is 27.2 Å². The lowest BCUT2D eigenvalue weighted by molar-refractivity contribution is 0.0955. The van der Waals surface area contributed by atoms with Crippen molar-refractivity contribution in [2.45, 2.75) is 0 Å². The molecule has 0 aliphatic heterocycles. The van der Waals surface area contributed by atoms with Crippen molar-refractivity contribution in [1.82, 2.24) is 5.32 Å². The molecule has 0 unspecified atom stereocenters. The molecule has 0 radical (unpaired) electrons. The summed E-state index contributed by atoms with van der Waals surface area (Å²) in [5.74, 6) is 3.86. The van der Waals surface area contributed by atoms with Gasteiger partial charge in [-0.1, -0.05) is 5.92 Å². The van der Waals surface area contributed by atoms with Crippen LogP contribution in [0.1, 0.15) is 10.4 Å². The Morgan fingerprint density at radius 2 is 2.35 bits per heavy atom. The molecule has 5 heteroatoms. The second kappa shape index (κ2) is 7.25. The minimum absolute atomic E-state index is 0.134. The quantitative estimate of drug-likeness (QED) is 0.497. The third kappa shape index (κ3) is 4.72. The second-order valence-electron chi connectivity index (χ2n) is 3.25. The highest BCUT2D eigenvalue weighted by Gasteiger charge is 2.09. The lowest BCUT2D eigenvalue weighted by Gasteiger charge is -2.07. The fourth-order valence-corrected chi connectivity index (χ4v) is 2.12. The van der Waals surface area contributed by atoms with E-state index in [1.807, 2.05) is 0 Å². The van der Waals surface area contributed by atoms with Crippen molar-refractivity contribution in [1.29, 1.82) is 0 Å². The molecule has 1 amide bonds. The number of anilines is 1. The maximum Gasteiger partial charge on any atom is 0.252 e. The molecule has 1 aromatic carbocycles. The van der Waals surface area contributed by atoms with Gasteiger partial charge in [0.1, 0.15) is 0 Å². The molecular formula is C12H13BrN2OS. The Bertz CT molecular complexity index is 443. The summed E-state index contributed by atoms with van der Waals surface area (Å²) in [4.78, 5) is 11.8. The van der Waals surface area contributed by atoms with E-state index in [1.54, 1.807) is 30.0 Å². The zero-order valence-electron chi connectivity index (χ0n) is 9.20. The normalized spacial score (nSPS) is 9.65. The van der Waals surface area contributed by atoms with Crippen LogP contribution in [-0.2, 0) is 0 Å². The number of benzene rings is 1. The number of carbonyl (C=O) groups is 1. The molecule has 3 nitrogen and oxygen atoms in total. The van der Waals surface area contributed by atoms with Crippen LogP contribution in [0.25, 0.3) is 0 Å². The van der Waals surface area contributed by atoms with Crippen molar-refractivity contribution in [3.8, 4) is 12.3 Å². The fourth-order valence-electron chi connectivity index (χ4n) is 1.18. The van der Waals surface area contributed by atoms with E-state index in [4.69, 9.17) is 12.2 Å². The summed E-state index contributed by atoms with van der Waals surface area (Å²) in [5.41, 5.74) is 6.75. The molecule has 0 atom stereocenters. The van der Waals surface area contributed by atoms with E-state index in [1.165, 1.54) is 0 Å². The van der Waals surface area contributed by atoms with Crippen LogP contribution < -0.4 is 11.1 Å². The molecule has 17 heavy (non-hydrogen) atoms. The first-order valence-corrected chi connectivity index (χ1v) is 6.94. The Morgan fingerprint density at radius 1 is 1.59 bits per heavy atom. The maximum atomic E-state index is 11.8. The highest BCUT2D eigenvalue weighted by Crippen LogP contribution is 2.19. The van der Waals surface area contributed by atoms with Gasteiger partial charge in [0.25, 0.3) is 5.91 Å². The van der Waals surface area contributed by atoms with E-state index in [-0.39, 0.29) is 5.91 Å². The molecule has 0 aromatic heterocycles. The van der Waals surface area contributed by atoms with E-state index < -0.39 is 0 Å². The van der Waals surface area contributed by atoms with Crippen molar-refractivity contribution in [2.24, 2.45) is 0 Å². The minimum atomic E-state index is -0.134. The first-order valence-electron chi connectivity index (χ1n) is 4.99. The van der Waals surface area contributed by atoms with Crippen LogP contribution in [0.2, 0.25) is 0 Å². The zero-order chi connectivity index (χ0) is 12.7. The molecule has 1 rings (SSSR count). The molecule has 0 aliphatic carbocycles. The van der Waals surface area contributed by atoms with Crippen molar-refractivity contribution in [2.75, 3.05) is 23.8 Å². The molecule has 0 saturated carbocycles. The smallest absolute Gasteiger partial charge is 0.252 e. The number of terminal acetylenes is 1. The van der Waals surface area contributed by atoms with Crippen LogP contribution in [0.15, 0.2) is 22.7 Å². The molecule has 0 heterocycles. The van der Waals surface area contributed by atoms with E-state index in [9.17, 15) is 4.79 Å². The molecule has 0 saturated heterocycles. The standard InChI is InChI=1S/C12H13BrN2OS/c1-2-6-17-7-5-15-12(16)10-8-9(14)3-4-11(10)13/h1,3-4,8H,5-7,14H2,(H,15,16). The number of hydrogen-bond acceptors (Lipinski definition) is 3. The number of thioether (sulfide) groups is 1. The average Bonchev–Trinajstić information content (AvgIpc) is 2.32. The fraction of sp³-hybridized carbons (Fsp3) is 0.250. The summed E-state index contributed by atoms with van der Waals surface area (Å²) in [6.45, 7) is 0.590. The number of halogens is 1. The van der Waals surface area contributed by atoms with Crippen LogP contribution in [-0.4, -0.2) is 24.0 Å². The van der Waals surface area contributed by atoms with Crippen LogP contribution in [0.4, 0.5) is 5.69 Å². The first kappa shape index (κ1) is 13.9. The topological polar surface area (TPSA) is 55.1 Å². The monoisotopic (exact) mass is 312 g/mol. The Kier molecular flexibility index (Phi) is 5.95. The number of amides is 1. The summed E-state index contributed by atoms with van der Waals surface area (Å²) >= 11 is 4.93. The van der Waals surface area contributed by atoms with Crippen molar-refractivity contribution in [3.05, 3.63) is 28.2 Å². The van der Waals surface area contributed by atoms with Crippen LogP contribution >= 0.6 is 27.7 Å². The van der Waals surface area contributed by atoms with E-state index >= 15 is 0 Å². The van der Waals surface area contributed by atoms with Gasteiger partial charge < -0.3 is 11.1 Å². The van der Waals surface area contributed by atoms with Crippen LogP contribution in [0, 0.1) is 12.3 Å². The van der Waals surface area contributed by atoms with E-state index in [0.29, 0.717) is 23.5 Å². The van der Waals surface area contributed by atoms with Gasteiger partial charge in [-0.3, -0.25) is 4.79 Å². The Morgan fingerprint density at radius 3 is 3.06 bits per heavy atom. The van der Waals surface area contributed by atoms with Gasteiger partial charge >= 0.3 is 0 Å². The van der Waals surface area contributed by atoms with Gasteiger partial charge in [0, 0.05) is 22.5 Å². The largest absolute Gasteiger partial charge is 0.399 e. The van der Waals surface area contributed by atoms with Crippen LogP contribution in [0.3, 0.4) is 0 Å². The van der Waals surface area contributed by atoms with Crippen molar-refractivity contribution in [3.63, 3.8) is 0 Å². The molecule has 0 fully saturated rings. The van der Waals surface area contributed by atoms with Gasteiger partial charge in [-0.15, -0.1) is 18.2 Å². The second-order valence-corrected chi connectivity index (χ2v) is 5.21. The third-order valence-corrected chi connectivity index (χ3v) is 3.51. The summed E-state index contributed by atoms with van der Waals surface area (Å²) < 4.78 is 0.737. The predicted octanol–water partition coefficient (Wildman–Crippen LogP) is 2.13. The highest BCUT2D eigenvalue weighted by molar-refractivity contribution is 9.10. The average molecular weight is 313 g/mol. The number of hydrogen-bond donors (Lipinski definition) is 2. The minimum Gasteiger partial charge on any atom is -0.399 e. The lowest BCUT2D eigenvalue weighted by Crippen LogP contribution is -2.26. The molecule has 90 valence electrons.